The van der Waals surface area contributed by atoms with E-state index in [2.05, 4.69) is 62.4 Å². The minimum absolute atomic E-state index is 0. The number of aryl methyl sites for hydroxylation is 2. The van der Waals surface area contributed by atoms with E-state index in [4.69, 9.17) is 35.3 Å². The molecular formula is C50H58Br2ClN6NaO8. The molecule has 14 nitrogen and oxygen atoms in total. The summed E-state index contributed by atoms with van der Waals surface area (Å²) >= 11 is 12.6. The second-order valence-corrected chi connectivity index (χ2v) is 19.1. The molecule has 0 spiro atoms. The number of phenols is 1. The van der Waals surface area contributed by atoms with E-state index in [-0.39, 0.29) is 60.1 Å². The summed E-state index contributed by atoms with van der Waals surface area (Å²) in [6.07, 6.45) is 3.78. The molecule has 6 aromatic rings. The van der Waals surface area contributed by atoms with Crippen LogP contribution in [0.15, 0.2) is 94.1 Å². The van der Waals surface area contributed by atoms with Crippen molar-refractivity contribution in [2.24, 2.45) is 10.8 Å². The summed E-state index contributed by atoms with van der Waals surface area (Å²) in [5, 5.41) is 16.1. The topological polar surface area (TPSA) is 176 Å². The fraction of sp³-hybridized carbons (Fsp3) is 0.320. The number of ketones is 2. The Morgan fingerprint density at radius 1 is 0.647 bits per heavy atom. The van der Waals surface area contributed by atoms with Crippen LogP contribution in [-0.2, 0) is 22.4 Å². The third kappa shape index (κ3) is 16.6. The van der Waals surface area contributed by atoms with Gasteiger partial charge in [0.05, 0.1) is 43.6 Å². The van der Waals surface area contributed by atoms with E-state index < -0.39 is 5.41 Å². The molecule has 0 aliphatic heterocycles. The van der Waals surface area contributed by atoms with E-state index >= 15 is 0 Å². The number of methoxy groups -OCH3 is 4. The molecule has 0 amide bonds. The summed E-state index contributed by atoms with van der Waals surface area (Å²) in [5.41, 5.74) is 4.11. The van der Waals surface area contributed by atoms with Crippen molar-refractivity contribution in [2.45, 2.75) is 68.2 Å². The average molecular weight is 1090 g/mol. The molecule has 68 heavy (non-hydrogen) atoms. The first-order valence-electron chi connectivity index (χ1n) is 20.9. The van der Waals surface area contributed by atoms with Gasteiger partial charge in [0.2, 0.25) is 17.8 Å². The maximum Gasteiger partial charge on any atom is 1.00 e. The van der Waals surface area contributed by atoms with Gasteiger partial charge >= 0.3 is 29.6 Å². The molecule has 0 bridgehead atoms. The summed E-state index contributed by atoms with van der Waals surface area (Å²) in [7, 11) is 6.39. The summed E-state index contributed by atoms with van der Waals surface area (Å²) in [6, 6.07) is 21.9. The Bertz CT molecular complexity index is 2690. The SMILES string of the molecule is CC(C)(C)C(=O)Cc1ccccc1O.COc1cc(Nc2ncc(Br)c(Cl)n2)cc(C)c1OC.COc1cc(Nc2ncc(Br)c(Oc3ccccc3CC(=O)C(C)(C)C)n2)cc(C)c1OC.[H-].[Na+]. The quantitative estimate of drug-likeness (QED) is 0.0694. The Kier molecular flexibility index (Phi) is 22.0. The smallest absolute Gasteiger partial charge is 1.00 e. The Hall–Kier alpha value is -4.97. The van der Waals surface area contributed by atoms with Gasteiger partial charge in [-0.15, -0.1) is 0 Å². The van der Waals surface area contributed by atoms with Crippen LogP contribution < -0.4 is 63.9 Å². The molecule has 2 heterocycles. The van der Waals surface area contributed by atoms with Gasteiger partial charge in [-0.1, -0.05) is 89.5 Å². The third-order valence-corrected chi connectivity index (χ3v) is 11.4. The summed E-state index contributed by atoms with van der Waals surface area (Å²) in [4.78, 5) is 41.3. The van der Waals surface area contributed by atoms with Gasteiger partial charge in [0.1, 0.15) is 28.2 Å². The van der Waals surface area contributed by atoms with E-state index in [0.29, 0.717) is 72.6 Å². The van der Waals surface area contributed by atoms with Crippen LogP contribution in [0.2, 0.25) is 5.15 Å². The van der Waals surface area contributed by atoms with Crippen LogP contribution in [0.4, 0.5) is 23.3 Å². The van der Waals surface area contributed by atoms with Gasteiger partial charge < -0.3 is 40.9 Å². The Balaban J connectivity index is 0.000000386. The molecular weight excluding hydrogens is 1030 g/mol. The van der Waals surface area contributed by atoms with Gasteiger partial charge in [-0.05, 0) is 81.1 Å². The Morgan fingerprint density at radius 2 is 1.09 bits per heavy atom. The minimum atomic E-state index is -0.433. The number of halogens is 3. The van der Waals surface area contributed by atoms with E-state index in [1.165, 1.54) is 0 Å². The van der Waals surface area contributed by atoms with Crippen molar-refractivity contribution < 1.29 is 69.4 Å². The number of aromatic nitrogens is 4. The number of nitrogens with zero attached hydrogens (tertiary/aromatic N) is 4. The fourth-order valence-electron chi connectivity index (χ4n) is 5.99. The molecule has 4 aromatic carbocycles. The molecule has 0 saturated heterocycles. The van der Waals surface area contributed by atoms with Crippen molar-refractivity contribution in [3.05, 3.63) is 122 Å². The maximum absolute atomic E-state index is 12.6. The standard InChI is InChI=1S/C25H28BrN3O4.C13H13BrClN3O2.C12H16O2.Na.H/c1-15-11-17(13-20(31-5)22(15)32-6)28-24-27-14-18(26)23(29-24)33-19-10-8-7-9-16(19)12-21(30)25(2,3)4;1-7-4-8(5-10(19-2)11(7)20-3)17-13-16-6-9(14)12(15)18-13;1-12(2,3)11(14)8-9-6-4-5-7-10(9)13;;/h7-11,13-14H,12H2,1-6H3,(H,27,28,29);4-6H,1-3H3,(H,16,17,18);4-7,13H,8H2,1-3H3;;/q;;;+1;-1. The number of Topliss-reactive ketones (excluding diaryl/α,β-unsaturated/α-hetero) is 2. The van der Waals surface area contributed by atoms with Crippen molar-refractivity contribution in [3.8, 4) is 40.4 Å². The number of carbonyl (C=O) groups is 2. The van der Waals surface area contributed by atoms with Crippen LogP contribution in [0.1, 0.15) is 65.2 Å². The van der Waals surface area contributed by atoms with Crippen molar-refractivity contribution in [1.29, 1.82) is 0 Å². The van der Waals surface area contributed by atoms with Crippen LogP contribution in [0.3, 0.4) is 0 Å². The normalized spacial score (nSPS) is 10.8. The van der Waals surface area contributed by atoms with Crippen LogP contribution >= 0.6 is 43.5 Å². The fourth-order valence-corrected chi connectivity index (χ4v) is 6.58. The molecule has 0 unspecified atom stereocenters. The van der Waals surface area contributed by atoms with Crippen LogP contribution in [0.25, 0.3) is 0 Å². The number of hydrogen-bond acceptors (Lipinski definition) is 14. The van der Waals surface area contributed by atoms with Crippen molar-refractivity contribution in [1.82, 2.24) is 19.9 Å². The number of ether oxygens (including phenoxy) is 5. The van der Waals surface area contributed by atoms with Crippen molar-refractivity contribution >= 4 is 78.3 Å². The predicted octanol–water partition coefficient (Wildman–Crippen LogP) is 9.89. The molecule has 6 rings (SSSR count). The van der Waals surface area contributed by atoms with Gasteiger partial charge in [0.25, 0.3) is 0 Å². The number of nitrogens with one attached hydrogen (secondary N) is 2. The maximum atomic E-state index is 12.6. The monoisotopic (exact) mass is 1090 g/mol. The zero-order chi connectivity index (χ0) is 49.6. The Labute approximate surface area is 444 Å². The first-order valence-corrected chi connectivity index (χ1v) is 22.8. The number of para-hydroxylation sites is 2. The van der Waals surface area contributed by atoms with Gasteiger partial charge in [0.15, 0.2) is 23.0 Å². The molecule has 0 fully saturated rings. The Morgan fingerprint density at radius 3 is 1.54 bits per heavy atom. The first kappa shape index (κ1) is 57.3. The summed E-state index contributed by atoms with van der Waals surface area (Å²) < 4.78 is 28.8. The zero-order valence-electron chi connectivity index (χ0n) is 41.7. The third-order valence-electron chi connectivity index (χ3n) is 9.80. The van der Waals surface area contributed by atoms with Gasteiger partial charge in [-0.2, -0.15) is 9.97 Å². The molecule has 3 N–H and O–H groups in total. The largest absolute Gasteiger partial charge is 1.00 e. The summed E-state index contributed by atoms with van der Waals surface area (Å²) in [5.74, 6) is 4.74. The van der Waals surface area contributed by atoms with E-state index in [0.717, 1.165) is 28.1 Å². The number of anilines is 4. The summed E-state index contributed by atoms with van der Waals surface area (Å²) in [6.45, 7) is 15.2. The molecule has 0 radical (unpaired) electrons. The number of aromatic hydroxyl groups is 1. The van der Waals surface area contributed by atoms with Crippen molar-refractivity contribution in [2.75, 3.05) is 39.1 Å². The number of rotatable bonds is 14. The van der Waals surface area contributed by atoms with E-state index in [9.17, 15) is 14.7 Å². The number of carbonyl (C=O) groups excluding carboxylic acids is 2. The van der Waals surface area contributed by atoms with E-state index in [1.807, 2.05) is 110 Å². The van der Waals surface area contributed by atoms with Crippen molar-refractivity contribution in [3.63, 3.8) is 0 Å². The van der Waals surface area contributed by atoms with Crippen LogP contribution in [0, 0.1) is 24.7 Å². The predicted molar refractivity (Wildman–Crippen MR) is 272 cm³/mol. The molecule has 0 aliphatic carbocycles. The first-order chi connectivity index (χ1) is 31.6. The number of phenolic OH excluding ortho intramolecular Hbond substituents is 1. The van der Waals surface area contributed by atoms with Gasteiger partial charge in [-0.25, -0.2) is 9.97 Å². The number of hydrogen-bond donors (Lipinski definition) is 3. The zero-order valence-corrected chi connectivity index (χ0v) is 46.7. The number of benzene rings is 4. The molecule has 358 valence electrons. The van der Waals surface area contributed by atoms with Gasteiger partial charge in [0, 0.05) is 64.5 Å². The molecule has 0 aliphatic rings. The minimum Gasteiger partial charge on any atom is -1.00 e. The van der Waals surface area contributed by atoms with Gasteiger partial charge in [-0.3, -0.25) is 9.59 Å². The van der Waals surface area contributed by atoms with Crippen LogP contribution in [0.5, 0.6) is 40.4 Å². The van der Waals surface area contributed by atoms with Crippen LogP contribution in [-0.4, -0.2) is 65.0 Å². The second kappa shape index (κ2) is 26.1. The molecule has 2 aromatic heterocycles. The molecule has 18 heteroatoms. The molecule has 0 atom stereocenters. The average Bonchev–Trinajstić information content (AvgIpc) is 3.27. The van der Waals surface area contributed by atoms with E-state index in [1.54, 1.807) is 59.0 Å². The molecule has 0 saturated carbocycles. The second-order valence-electron chi connectivity index (χ2n) is 17.0.